The second-order valence-corrected chi connectivity index (χ2v) is 4.90. The van der Waals surface area contributed by atoms with Crippen molar-refractivity contribution in [2.45, 2.75) is 38.4 Å². The molecule has 20 heavy (non-hydrogen) atoms. The van der Waals surface area contributed by atoms with Crippen molar-refractivity contribution >= 4 is 11.6 Å². The average molecular weight is 286 g/mol. The number of amides is 1. The van der Waals surface area contributed by atoms with Crippen LogP contribution < -0.4 is 10.6 Å². The van der Waals surface area contributed by atoms with E-state index in [9.17, 15) is 18.0 Å². The molecule has 0 aliphatic carbocycles. The number of benzene rings is 1. The Kier molecular flexibility index (Phi) is 4.32. The summed E-state index contributed by atoms with van der Waals surface area (Å²) in [6, 6.07) is 3.40. The van der Waals surface area contributed by atoms with Crippen molar-refractivity contribution < 1.29 is 18.0 Å². The van der Waals surface area contributed by atoms with Gasteiger partial charge in [-0.1, -0.05) is 6.42 Å². The van der Waals surface area contributed by atoms with Crippen molar-refractivity contribution in [3.63, 3.8) is 0 Å². The lowest BCUT2D eigenvalue weighted by atomic mass is 10.1. The van der Waals surface area contributed by atoms with E-state index in [-0.39, 0.29) is 12.5 Å². The SMILES string of the molecule is NCc1cc(C(F)(F)F)ccc1N1CCCCCC1=O. The van der Waals surface area contributed by atoms with Gasteiger partial charge in [0.05, 0.1) is 5.56 Å². The number of anilines is 1. The fourth-order valence-corrected chi connectivity index (χ4v) is 2.43. The molecule has 1 aromatic rings. The van der Waals surface area contributed by atoms with Crippen molar-refractivity contribution in [1.29, 1.82) is 0 Å². The minimum atomic E-state index is -4.40. The quantitative estimate of drug-likeness (QED) is 0.908. The molecule has 1 heterocycles. The lowest BCUT2D eigenvalue weighted by Crippen LogP contribution is -2.31. The highest BCUT2D eigenvalue weighted by Gasteiger charge is 2.31. The molecular weight excluding hydrogens is 269 g/mol. The van der Waals surface area contributed by atoms with E-state index in [0.29, 0.717) is 24.2 Å². The molecule has 0 saturated carbocycles. The van der Waals surface area contributed by atoms with Gasteiger partial charge in [0.25, 0.3) is 0 Å². The lowest BCUT2D eigenvalue weighted by molar-refractivity contribution is -0.137. The van der Waals surface area contributed by atoms with Crippen LogP contribution in [0.25, 0.3) is 0 Å². The van der Waals surface area contributed by atoms with Crippen LogP contribution >= 0.6 is 0 Å². The summed E-state index contributed by atoms with van der Waals surface area (Å²) >= 11 is 0. The Hall–Kier alpha value is -1.56. The number of hydrogen-bond donors (Lipinski definition) is 1. The van der Waals surface area contributed by atoms with Crippen molar-refractivity contribution in [3.8, 4) is 0 Å². The van der Waals surface area contributed by atoms with Gasteiger partial charge in [-0.2, -0.15) is 13.2 Å². The Balaban J connectivity index is 2.38. The average Bonchev–Trinajstić information content (AvgIpc) is 2.61. The molecule has 1 aliphatic heterocycles. The molecule has 0 bridgehead atoms. The maximum absolute atomic E-state index is 12.7. The van der Waals surface area contributed by atoms with Gasteiger partial charge in [0.2, 0.25) is 5.91 Å². The number of nitrogens with two attached hydrogens (primary N) is 1. The van der Waals surface area contributed by atoms with Gasteiger partial charge >= 0.3 is 6.18 Å². The molecule has 1 fully saturated rings. The van der Waals surface area contributed by atoms with E-state index < -0.39 is 11.7 Å². The smallest absolute Gasteiger partial charge is 0.326 e. The molecule has 1 aliphatic rings. The number of carbonyl (C=O) groups is 1. The van der Waals surface area contributed by atoms with E-state index in [1.54, 1.807) is 4.90 Å². The molecule has 0 aromatic heterocycles. The highest BCUT2D eigenvalue weighted by atomic mass is 19.4. The summed E-state index contributed by atoms with van der Waals surface area (Å²) in [5.41, 5.74) is 5.68. The van der Waals surface area contributed by atoms with E-state index in [1.165, 1.54) is 6.07 Å². The Labute approximate surface area is 115 Å². The molecule has 0 spiro atoms. The minimum absolute atomic E-state index is 0.0248. The molecule has 3 nitrogen and oxygen atoms in total. The maximum atomic E-state index is 12.7. The zero-order chi connectivity index (χ0) is 14.8. The first-order valence-electron chi connectivity index (χ1n) is 6.64. The standard InChI is InChI=1S/C14H17F3N2O/c15-14(16,17)11-5-6-12(10(8-11)9-18)19-7-3-1-2-4-13(19)20/h5-6,8H,1-4,7,9,18H2. The van der Waals surface area contributed by atoms with Gasteiger partial charge in [0.1, 0.15) is 0 Å². The summed E-state index contributed by atoms with van der Waals surface area (Å²) in [4.78, 5) is 13.6. The van der Waals surface area contributed by atoms with Gasteiger partial charge < -0.3 is 10.6 Å². The first-order chi connectivity index (χ1) is 9.43. The van der Waals surface area contributed by atoms with Crippen molar-refractivity contribution in [3.05, 3.63) is 29.3 Å². The highest BCUT2D eigenvalue weighted by molar-refractivity contribution is 5.94. The Morgan fingerprint density at radius 1 is 1.20 bits per heavy atom. The minimum Gasteiger partial charge on any atom is -0.326 e. The summed E-state index contributed by atoms with van der Waals surface area (Å²) < 4.78 is 38.1. The largest absolute Gasteiger partial charge is 0.416 e. The molecule has 1 saturated heterocycles. The number of hydrogen-bond acceptors (Lipinski definition) is 2. The van der Waals surface area contributed by atoms with Crippen LogP contribution in [-0.4, -0.2) is 12.5 Å². The van der Waals surface area contributed by atoms with E-state index >= 15 is 0 Å². The fraction of sp³-hybridized carbons (Fsp3) is 0.500. The molecule has 6 heteroatoms. The van der Waals surface area contributed by atoms with Crippen molar-refractivity contribution in [2.24, 2.45) is 5.73 Å². The molecule has 0 atom stereocenters. The van der Waals surface area contributed by atoms with Crippen LogP contribution in [0, 0.1) is 0 Å². The van der Waals surface area contributed by atoms with Crippen LogP contribution in [0.2, 0.25) is 0 Å². The summed E-state index contributed by atoms with van der Waals surface area (Å²) in [6.07, 6.45) is -1.32. The third kappa shape index (κ3) is 3.12. The van der Waals surface area contributed by atoms with Crippen LogP contribution in [0.5, 0.6) is 0 Å². The van der Waals surface area contributed by atoms with Gasteiger partial charge in [-0.05, 0) is 36.6 Å². The molecule has 2 rings (SSSR count). The summed E-state index contributed by atoms with van der Waals surface area (Å²) in [6.45, 7) is 0.514. The van der Waals surface area contributed by atoms with Crippen LogP contribution in [0.3, 0.4) is 0 Å². The predicted octanol–water partition coefficient (Wildman–Crippen LogP) is 3.07. The van der Waals surface area contributed by atoms with Gasteiger partial charge in [-0.25, -0.2) is 0 Å². The number of rotatable bonds is 2. The van der Waals surface area contributed by atoms with Crippen LogP contribution in [0.4, 0.5) is 18.9 Å². The molecular formula is C14H17F3N2O. The van der Waals surface area contributed by atoms with E-state index in [2.05, 4.69) is 0 Å². The normalized spacial score (nSPS) is 17.2. The number of halogens is 3. The number of carbonyl (C=O) groups excluding carboxylic acids is 1. The van der Waals surface area contributed by atoms with Crippen LogP contribution in [-0.2, 0) is 17.5 Å². The zero-order valence-corrected chi connectivity index (χ0v) is 11.0. The van der Waals surface area contributed by atoms with Crippen LogP contribution in [0.1, 0.15) is 36.8 Å². The van der Waals surface area contributed by atoms with E-state index in [0.717, 1.165) is 31.4 Å². The summed E-state index contributed by atoms with van der Waals surface area (Å²) in [5, 5.41) is 0. The molecule has 1 amide bonds. The first-order valence-corrected chi connectivity index (χ1v) is 6.64. The van der Waals surface area contributed by atoms with Gasteiger partial charge in [0.15, 0.2) is 0 Å². The lowest BCUT2D eigenvalue weighted by Gasteiger charge is -2.24. The number of alkyl halides is 3. The Morgan fingerprint density at radius 3 is 2.60 bits per heavy atom. The molecule has 1 aromatic carbocycles. The Bertz CT molecular complexity index is 500. The topological polar surface area (TPSA) is 46.3 Å². The Morgan fingerprint density at radius 2 is 1.95 bits per heavy atom. The van der Waals surface area contributed by atoms with Gasteiger partial charge in [-0.3, -0.25) is 4.79 Å². The molecule has 0 radical (unpaired) electrons. The van der Waals surface area contributed by atoms with Gasteiger partial charge in [0, 0.05) is 25.2 Å². The summed E-state index contributed by atoms with van der Waals surface area (Å²) in [5.74, 6) is -0.0445. The molecule has 2 N–H and O–H groups in total. The number of nitrogens with zero attached hydrogens (tertiary/aromatic N) is 1. The van der Waals surface area contributed by atoms with Gasteiger partial charge in [-0.15, -0.1) is 0 Å². The van der Waals surface area contributed by atoms with Crippen LogP contribution in [0.15, 0.2) is 18.2 Å². The van der Waals surface area contributed by atoms with Crippen molar-refractivity contribution in [2.75, 3.05) is 11.4 Å². The van der Waals surface area contributed by atoms with E-state index in [4.69, 9.17) is 5.73 Å². The zero-order valence-electron chi connectivity index (χ0n) is 11.0. The third-order valence-corrected chi connectivity index (χ3v) is 3.49. The maximum Gasteiger partial charge on any atom is 0.416 e. The monoisotopic (exact) mass is 286 g/mol. The molecule has 110 valence electrons. The first kappa shape index (κ1) is 14.8. The van der Waals surface area contributed by atoms with Crippen molar-refractivity contribution in [1.82, 2.24) is 0 Å². The van der Waals surface area contributed by atoms with E-state index in [1.807, 2.05) is 0 Å². The summed E-state index contributed by atoms with van der Waals surface area (Å²) in [7, 11) is 0. The second kappa shape index (κ2) is 5.83. The third-order valence-electron chi connectivity index (χ3n) is 3.49. The predicted molar refractivity (Wildman–Crippen MR) is 70.2 cm³/mol. The highest BCUT2D eigenvalue weighted by Crippen LogP contribution is 2.33. The second-order valence-electron chi connectivity index (χ2n) is 4.90. The molecule has 0 unspecified atom stereocenters. The fourth-order valence-electron chi connectivity index (χ4n) is 2.43.